The second kappa shape index (κ2) is 7.19. The average molecular weight is 385 g/mol. The number of hydrogen-bond donors (Lipinski definition) is 1. The predicted octanol–water partition coefficient (Wildman–Crippen LogP) is 4.69. The molecular weight excluding hydrogens is 348 g/mol. The standard InChI is InChI=1S/C24H36N2O2/c1-16-5-7-26(8-6-16)21(22-4-3-17(2)28-22)15-25-23(27)24-12-18-9-19(13-24)11-20(10-18)14-24/h3-4,16,18-21H,5-15H2,1-2H3,(H,25,27). The van der Waals surface area contributed by atoms with Gasteiger partial charge in [0.15, 0.2) is 0 Å². The third-order valence-corrected chi connectivity index (χ3v) is 8.32. The summed E-state index contributed by atoms with van der Waals surface area (Å²) in [6.07, 6.45) is 10.0. The van der Waals surface area contributed by atoms with Gasteiger partial charge >= 0.3 is 0 Å². The maximum Gasteiger partial charge on any atom is 0.226 e. The Hall–Kier alpha value is -1.29. The monoisotopic (exact) mass is 384 g/mol. The number of nitrogens with one attached hydrogen (secondary N) is 1. The minimum absolute atomic E-state index is 0.0607. The van der Waals surface area contributed by atoms with Gasteiger partial charge in [-0.05, 0) is 107 Å². The van der Waals surface area contributed by atoms with Crippen molar-refractivity contribution in [2.24, 2.45) is 29.1 Å². The molecule has 4 aliphatic carbocycles. The van der Waals surface area contributed by atoms with Crippen molar-refractivity contribution in [1.82, 2.24) is 10.2 Å². The molecule has 4 bridgehead atoms. The van der Waals surface area contributed by atoms with E-state index in [1.807, 2.05) is 6.92 Å². The van der Waals surface area contributed by atoms with E-state index in [1.54, 1.807) is 0 Å². The fourth-order valence-corrected chi connectivity index (χ4v) is 7.15. The van der Waals surface area contributed by atoms with Crippen molar-refractivity contribution in [2.75, 3.05) is 19.6 Å². The van der Waals surface area contributed by atoms with E-state index in [2.05, 4.69) is 29.3 Å². The maximum absolute atomic E-state index is 13.4. The molecular formula is C24H36N2O2. The van der Waals surface area contributed by atoms with Gasteiger partial charge < -0.3 is 9.73 Å². The first-order valence-electron chi connectivity index (χ1n) is 11.6. The first-order chi connectivity index (χ1) is 13.5. The van der Waals surface area contributed by atoms with Crippen LogP contribution in [0.2, 0.25) is 0 Å². The van der Waals surface area contributed by atoms with E-state index >= 15 is 0 Å². The summed E-state index contributed by atoms with van der Waals surface area (Å²) in [5.74, 6) is 5.54. The Morgan fingerprint density at radius 3 is 2.29 bits per heavy atom. The van der Waals surface area contributed by atoms with E-state index in [4.69, 9.17) is 4.42 Å². The Morgan fingerprint density at radius 1 is 1.14 bits per heavy atom. The largest absolute Gasteiger partial charge is 0.465 e. The van der Waals surface area contributed by atoms with Crippen LogP contribution in [0.1, 0.15) is 75.9 Å². The molecule has 1 atom stereocenters. The molecule has 1 amide bonds. The van der Waals surface area contributed by atoms with Gasteiger partial charge in [-0.2, -0.15) is 0 Å². The van der Waals surface area contributed by atoms with Gasteiger partial charge in [0.1, 0.15) is 11.5 Å². The molecule has 1 aromatic rings. The lowest BCUT2D eigenvalue weighted by Crippen LogP contribution is -2.54. The second-order valence-electron chi connectivity index (χ2n) is 10.6. The SMILES string of the molecule is Cc1ccc(C(CNC(=O)C23CC4CC(CC(C4)C2)C3)N2CCC(C)CC2)o1. The Morgan fingerprint density at radius 2 is 1.75 bits per heavy atom. The van der Waals surface area contributed by atoms with Crippen LogP contribution >= 0.6 is 0 Å². The highest BCUT2D eigenvalue weighted by Crippen LogP contribution is 2.60. The van der Waals surface area contributed by atoms with Crippen LogP contribution in [-0.4, -0.2) is 30.4 Å². The number of likely N-dealkylation sites (tertiary alicyclic amines) is 1. The molecule has 28 heavy (non-hydrogen) atoms. The van der Waals surface area contributed by atoms with Gasteiger partial charge in [0.05, 0.1) is 6.04 Å². The summed E-state index contributed by atoms with van der Waals surface area (Å²) in [6.45, 7) is 7.23. The molecule has 0 radical (unpaired) electrons. The van der Waals surface area contributed by atoms with Gasteiger partial charge in [0, 0.05) is 12.0 Å². The Labute approximate surface area is 169 Å². The lowest BCUT2D eigenvalue weighted by molar-refractivity contribution is -0.146. The third-order valence-electron chi connectivity index (χ3n) is 8.32. The van der Waals surface area contributed by atoms with Crippen LogP contribution in [0.5, 0.6) is 0 Å². The molecule has 154 valence electrons. The van der Waals surface area contributed by atoms with E-state index in [0.29, 0.717) is 12.5 Å². The van der Waals surface area contributed by atoms with Crippen molar-refractivity contribution in [3.8, 4) is 0 Å². The molecule has 6 rings (SSSR count). The number of nitrogens with zero attached hydrogens (tertiary/aromatic N) is 1. The number of carbonyl (C=O) groups is 1. The molecule has 5 fully saturated rings. The van der Waals surface area contributed by atoms with E-state index in [9.17, 15) is 4.79 Å². The number of carbonyl (C=O) groups excluding carboxylic acids is 1. The number of piperidine rings is 1. The summed E-state index contributed by atoms with van der Waals surface area (Å²) in [4.78, 5) is 15.9. The zero-order valence-corrected chi connectivity index (χ0v) is 17.6. The lowest BCUT2D eigenvalue weighted by Gasteiger charge is -2.55. The second-order valence-corrected chi connectivity index (χ2v) is 10.6. The van der Waals surface area contributed by atoms with E-state index in [0.717, 1.165) is 67.5 Å². The van der Waals surface area contributed by atoms with E-state index in [1.165, 1.54) is 32.1 Å². The van der Waals surface area contributed by atoms with Gasteiger partial charge in [-0.25, -0.2) is 0 Å². The molecule has 2 heterocycles. The third kappa shape index (κ3) is 3.42. The number of hydrogen-bond acceptors (Lipinski definition) is 3. The number of furan rings is 1. The number of aryl methyl sites for hydroxylation is 1. The molecule has 5 aliphatic rings. The highest BCUT2D eigenvalue weighted by Gasteiger charge is 2.54. The highest BCUT2D eigenvalue weighted by atomic mass is 16.3. The summed E-state index contributed by atoms with van der Waals surface area (Å²) < 4.78 is 6.01. The van der Waals surface area contributed by atoms with Gasteiger partial charge in [-0.1, -0.05) is 6.92 Å². The van der Waals surface area contributed by atoms with Crippen LogP contribution in [-0.2, 0) is 4.79 Å². The molecule has 1 N–H and O–H groups in total. The van der Waals surface area contributed by atoms with Crippen LogP contribution < -0.4 is 5.32 Å². The van der Waals surface area contributed by atoms with Crippen molar-refractivity contribution >= 4 is 5.91 Å². The summed E-state index contributed by atoms with van der Waals surface area (Å²) in [7, 11) is 0. The molecule has 1 aliphatic heterocycles. The molecule has 1 saturated heterocycles. The molecule has 4 nitrogen and oxygen atoms in total. The van der Waals surface area contributed by atoms with Crippen molar-refractivity contribution in [3.05, 3.63) is 23.7 Å². The van der Waals surface area contributed by atoms with Crippen molar-refractivity contribution in [3.63, 3.8) is 0 Å². The van der Waals surface area contributed by atoms with Gasteiger partial charge in [-0.3, -0.25) is 9.69 Å². The molecule has 0 spiro atoms. The highest BCUT2D eigenvalue weighted by molar-refractivity contribution is 5.83. The van der Waals surface area contributed by atoms with Gasteiger partial charge in [-0.15, -0.1) is 0 Å². The quantitative estimate of drug-likeness (QED) is 0.801. The van der Waals surface area contributed by atoms with Gasteiger partial charge in [0.2, 0.25) is 5.91 Å². The van der Waals surface area contributed by atoms with Crippen LogP contribution in [0.3, 0.4) is 0 Å². The maximum atomic E-state index is 13.4. The Kier molecular flexibility index (Phi) is 4.81. The molecule has 1 unspecified atom stereocenters. The van der Waals surface area contributed by atoms with Crippen LogP contribution in [0.4, 0.5) is 0 Å². The Balaban J connectivity index is 1.29. The normalized spacial score (nSPS) is 36.6. The molecule has 4 saturated carbocycles. The fourth-order valence-electron chi connectivity index (χ4n) is 7.15. The summed E-state index contributed by atoms with van der Waals surface area (Å²) in [5, 5.41) is 3.42. The molecule has 0 aromatic carbocycles. The number of amides is 1. The minimum atomic E-state index is -0.0607. The van der Waals surface area contributed by atoms with Crippen molar-refractivity contribution in [1.29, 1.82) is 0 Å². The Bertz CT molecular complexity index is 681. The summed E-state index contributed by atoms with van der Waals surface area (Å²) in [6, 6.07) is 4.32. The predicted molar refractivity (Wildman–Crippen MR) is 110 cm³/mol. The zero-order chi connectivity index (χ0) is 19.3. The van der Waals surface area contributed by atoms with E-state index in [-0.39, 0.29) is 11.5 Å². The number of rotatable bonds is 5. The van der Waals surface area contributed by atoms with E-state index < -0.39 is 0 Å². The lowest BCUT2D eigenvalue weighted by atomic mass is 9.49. The topological polar surface area (TPSA) is 45.5 Å². The van der Waals surface area contributed by atoms with Gasteiger partial charge in [0.25, 0.3) is 0 Å². The minimum Gasteiger partial charge on any atom is -0.465 e. The first kappa shape index (κ1) is 18.7. The van der Waals surface area contributed by atoms with Crippen molar-refractivity contribution in [2.45, 2.75) is 71.3 Å². The van der Waals surface area contributed by atoms with Crippen LogP contribution in [0, 0.1) is 36.0 Å². The smallest absolute Gasteiger partial charge is 0.226 e. The zero-order valence-electron chi connectivity index (χ0n) is 17.6. The summed E-state index contributed by atoms with van der Waals surface area (Å²) >= 11 is 0. The fraction of sp³-hybridized carbons (Fsp3) is 0.792. The molecule has 4 heteroatoms. The van der Waals surface area contributed by atoms with Crippen molar-refractivity contribution < 1.29 is 9.21 Å². The average Bonchev–Trinajstić information content (AvgIpc) is 3.08. The van der Waals surface area contributed by atoms with Crippen LogP contribution in [0.25, 0.3) is 0 Å². The van der Waals surface area contributed by atoms with Crippen LogP contribution in [0.15, 0.2) is 16.5 Å². The summed E-state index contributed by atoms with van der Waals surface area (Å²) in [5.41, 5.74) is -0.0607. The first-order valence-corrected chi connectivity index (χ1v) is 11.6. The molecule has 1 aromatic heterocycles.